The lowest BCUT2D eigenvalue weighted by Crippen LogP contribution is -2.31. The third-order valence-electron chi connectivity index (χ3n) is 3.39. The summed E-state index contributed by atoms with van der Waals surface area (Å²) in [5.41, 5.74) is 2.21. The third-order valence-corrected chi connectivity index (χ3v) is 3.39. The van der Waals surface area contributed by atoms with Crippen LogP contribution in [0.3, 0.4) is 0 Å². The van der Waals surface area contributed by atoms with E-state index in [0.717, 1.165) is 5.56 Å². The van der Waals surface area contributed by atoms with Crippen LogP contribution < -0.4 is 5.32 Å². The predicted molar refractivity (Wildman–Crippen MR) is 82.6 cm³/mol. The molecule has 0 saturated carbocycles. The summed E-state index contributed by atoms with van der Waals surface area (Å²) < 4.78 is 0. The number of benzene rings is 2. The van der Waals surface area contributed by atoms with Gasteiger partial charge in [-0.25, -0.2) is 0 Å². The first-order chi connectivity index (χ1) is 10.1. The van der Waals surface area contributed by atoms with Gasteiger partial charge in [-0.1, -0.05) is 44.2 Å². The Bertz CT molecular complexity index is 639. The lowest BCUT2D eigenvalue weighted by molar-refractivity contribution is 0.0925. The molecule has 0 fully saturated rings. The van der Waals surface area contributed by atoms with Gasteiger partial charge in [0.25, 0.3) is 5.91 Å². The van der Waals surface area contributed by atoms with Crippen LogP contribution in [-0.4, -0.2) is 5.91 Å². The molecule has 1 N–H and O–H groups in total. The van der Waals surface area contributed by atoms with Gasteiger partial charge in [-0.15, -0.1) is 0 Å². The maximum absolute atomic E-state index is 12.3. The average molecular weight is 278 g/mol. The van der Waals surface area contributed by atoms with Crippen molar-refractivity contribution in [3.63, 3.8) is 0 Å². The van der Waals surface area contributed by atoms with Crippen LogP contribution in [0.25, 0.3) is 0 Å². The largest absolute Gasteiger partial charge is 0.345 e. The van der Waals surface area contributed by atoms with Crippen LogP contribution in [0.5, 0.6) is 0 Å². The van der Waals surface area contributed by atoms with Gasteiger partial charge in [0.05, 0.1) is 17.7 Å². The maximum Gasteiger partial charge on any atom is 0.251 e. The third kappa shape index (κ3) is 3.70. The first-order valence-electron chi connectivity index (χ1n) is 6.98. The molecule has 1 amide bonds. The van der Waals surface area contributed by atoms with Gasteiger partial charge in [0.1, 0.15) is 0 Å². The van der Waals surface area contributed by atoms with E-state index >= 15 is 0 Å². The summed E-state index contributed by atoms with van der Waals surface area (Å²) in [5.74, 6) is 0.164. The lowest BCUT2D eigenvalue weighted by atomic mass is 9.95. The molecule has 2 aromatic carbocycles. The second-order valence-electron chi connectivity index (χ2n) is 5.29. The van der Waals surface area contributed by atoms with Crippen molar-refractivity contribution in [2.75, 3.05) is 0 Å². The normalized spacial score (nSPS) is 11.7. The van der Waals surface area contributed by atoms with Gasteiger partial charge in [-0.3, -0.25) is 4.79 Å². The smallest absolute Gasteiger partial charge is 0.251 e. The Hall–Kier alpha value is -2.60. The number of nitrogens with one attached hydrogen (secondary N) is 1. The van der Waals surface area contributed by atoms with E-state index in [4.69, 9.17) is 5.26 Å². The van der Waals surface area contributed by atoms with Crippen LogP contribution in [0.1, 0.15) is 41.4 Å². The summed E-state index contributed by atoms with van der Waals surface area (Å²) in [6.45, 7) is 4.16. The lowest BCUT2D eigenvalue weighted by Gasteiger charge is -2.23. The zero-order valence-electron chi connectivity index (χ0n) is 12.2. The Morgan fingerprint density at radius 3 is 2.19 bits per heavy atom. The van der Waals surface area contributed by atoms with Gasteiger partial charge in [-0.2, -0.15) is 5.26 Å². The van der Waals surface area contributed by atoms with E-state index in [-0.39, 0.29) is 17.9 Å². The monoisotopic (exact) mass is 278 g/mol. The molecule has 0 radical (unpaired) electrons. The standard InChI is InChI=1S/C18H18N2O/c1-13(2)17(15-6-4-3-5-7-15)20-18(21)16-10-8-14(12-19)9-11-16/h3-11,13,17H,1-2H3,(H,20,21)/t17-/m0/s1. The molecule has 3 heteroatoms. The summed E-state index contributed by atoms with van der Waals surface area (Å²) >= 11 is 0. The van der Waals surface area contributed by atoms with Crippen LogP contribution in [0, 0.1) is 17.2 Å². The molecule has 21 heavy (non-hydrogen) atoms. The van der Waals surface area contributed by atoms with Gasteiger partial charge < -0.3 is 5.32 Å². The zero-order valence-corrected chi connectivity index (χ0v) is 12.2. The molecule has 2 rings (SSSR count). The molecule has 2 aromatic rings. The van der Waals surface area contributed by atoms with Gasteiger partial charge in [0, 0.05) is 5.56 Å². The van der Waals surface area contributed by atoms with Crippen LogP contribution in [0.4, 0.5) is 0 Å². The van der Waals surface area contributed by atoms with Crippen molar-refractivity contribution in [1.82, 2.24) is 5.32 Å². The van der Waals surface area contributed by atoms with E-state index in [1.807, 2.05) is 36.4 Å². The number of rotatable bonds is 4. The van der Waals surface area contributed by atoms with Crippen molar-refractivity contribution in [2.45, 2.75) is 19.9 Å². The summed E-state index contributed by atoms with van der Waals surface area (Å²) in [5, 5.41) is 11.8. The maximum atomic E-state index is 12.3. The highest BCUT2D eigenvalue weighted by Crippen LogP contribution is 2.21. The Labute approximate surface area is 125 Å². The minimum Gasteiger partial charge on any atom is -0.345 e. The SMILES string of the molecule is CC(C)[C@H](NC(=O)c1ccc(C#N)cc1)c1ccccc1. The minimum absolute atomic E-state index is 0.0330. The van der Waals surface area contributed by atoms with Gasteiger partial charge in [0.15, 0.2) is 0 Å². The second-order valence-corrected chi connectivity index (χ2v) is 5.29. The highest BCUT2D eigenvalue weighted by atomic mass is 16.1. The predicted octanol–water partition coefficient (Wildman–Crippen LogP) is 3.69. The molecule has 0 saturated heterocycles. The minimum atomic E-state index is -0.123. The van der Waals surface area contributed by atoms with Crippen molar-refractivity contribution >= 4 is 5.91 Å². The number of carbonyl (C=O) groups excluding carboxylic acids is 1. The Kier molecular flexibility index (Phi) is 4.73. The van der Waals surface area contributed by atoms with Crippen molar-refractivity contribution in [3.05, 3.63) is 71.3 Å². The summed E-state index contributed by atoms with van der Waals surface area (Å²) in [7, 11) is 0. The van der Waals surface area contributed by atoms with Gasteiger partial charge in [0.2, 0.25) is 0 Å². The van der Waals surface area contributed by atoms with Gasteiger partial charge >= 0.3 is 0 Å². The summed E-state index contributed by atoms with van der Waals surface area (Å²) in [4.78, 5) is 12.3. The van der Waals surface area contributed by atoms with Crippen LogP contribution in [0.15, 0.2) is 54.6 Å². The fourth-order valence-electron chi connectivity index (χ4n) is 2.22. The van der Waals surface area contributed by atoms with E-state index < -0.39 is 0 Å². The molecule has 0 aliphatic heterocycles. The molecule has 1 atom stereocenters. The van der Waals surface area contributed by atoms with Crippen molar-refractivity contribution in [2.24, 2.45) is 5.92 Å². The quantitative estimate of drug-likeness (QED) is 0.927. The Morgan fingerprint density at radius 2 is 1.67 bits per heavy atom. The molecule has 106 valence electrons. The molecule has 0 aliphatic carbocycles. The number of carbonyl (C=O) groups is 1. The van der Waals surface area contributed by atoms with E-state index in [9.17, 15) is 4.79 Å². The number of hydrogen-bond acceptors (Lipinski definition) is 2. The molecule has 0 unspecified atom stereocenters. The van der Waals surface area contributed by atoms with Crippen LogP contribution in [-0.2, 0) is 0 Å². The van der Waals surface area contributed by atoms with E-state index in [1.54, 1.807) is 24.3 Å². The topological polar surface area (TPSA) is 52.9 Å². The average Bonchev–Trinajstić information content (AvgIpc) is 2.53. The van der Waals surface area contributed by atoms with Crippen molar-refractivity contribution < 1.29 is 4.79 Å². The van der Waals surface area contributed by atoms with Crippen molar-refractivity contribution in [1.29, 1.82) is 5.26 Å². The number of hydrogen-bond donors (Lipinski definition) is 1. The van der Waals surface area contributed by atoms with E-state index in [2.05, 4.69) is 19.2 Å². The molecular weight excluding hydrogens is 260 g/mol. The van der Waals surface area contributed by atoms with Crippen molar-refractivity contribution in [3.8, 4) is 6.07 Å². The summed E-state index contributed by atoms with van der Waals surface area (Å²) in [6, 6.07) is 18.6. The van der Waals surface area contributed by atoms with E-state index in [1.165, 1.54) is 0 Å². The number of nitriles is 1. The molecule has 0 spiro atoms. The molecule has 0 bridgehead atoms. The molecular formula is C18H18N2O. The highest BCUT2D eigenvalue weighted by molar-refractivity contribution is 5.94. The molecule has 0 aromatic heterocycles. The first-order valence-corrected chi connectivity index (χ1v) is 6.98. The molecule has 0 aliphatic rings. The fraction of sp³-hybridized carbons (Fsp3) is 0.222. The first kappa shape index (κ1) is 14.8. The summed E-state index contributed by atoms with van der Waals surface area (Å²) in [6.07, 6.45) is 0. The molecule has 0 heterocycles. The van der Waals surface area contributed by atoms with E-state index in [0.29, 0.717) is 11.1 Å². The highest BCUT2D eigenvalue weighted by Gasteiger charge is 2.18. The zero-order chi connectivity index (χ0) is 15.2. The second kappa shape index (κ2) is 6.71. The Morgan fingerprint density at radius 1 is 1.05 bits per heavy atom. The van der Waals surface area contributed by atoms with Crippen LogP contribution >= 0.6 is 0 Å². The molecule has 3 nitrogen and oxygen atoms in total. The Balaban J connectivity index is 2.17. The van der Waals surface area contributed by atoms with Crippen LogP contribution in [0.2, 0.25) is 0 Å². The fourth-order valence-corrected chi connectivity index (χ4v) is 2.22. The number of amides is 1. The van der Waals surface area contributed by atoms with Gasteiger partial charge in [-0.05, 0) is 35.7 Å². The number of nitrogens with zero attached hydrogens (tertiary/aromatic N) is 1.